The van der Waals surface area contributed by atoms with Crippen LogP contribution < -0.4 is 0 Å². The van der Waals surface area contributed by atoms with Gasteiger partial charge in [0.1, 0.15) is 12.0 Å². The van der Waals surface area contributed by atoms with Gasteiger partial charge in [-0.15, -0.1) is 0 Å². The van der Waals surface area contributed by atoms with Crippen molar-refractivity contribution in [3.63, 3.8) is 0 Å². The molecule has 0 bridgehead atoms. The highest BCUT2D eigenvalue weighted by atomic mass is 16.2. The van der Waals surface area contributed by atoms with Crippen molar-refractivity contribution in [1.82, 2.24) is 9.88 Å². The number of rotatable bonds is 2. The van der Waals surface area contributed by atoms with E-state index in [2.05, 4.69) is 4.98 Å². The fourth-order valence-corrected chi connectivity index (χ4v) is 1.89. The highest BCUT2D eigenvalue weighted by Gasteiger charge is 2.23. The Bertz CT molecular complexity index is 370. The molecule has 0 radical (unpaired) electrons. The van der Waals surface area contributed by atoms with Crippen LogP contribution in [-0.4, -0.2) is 35.2 Å². The largest absolute Gasteiger partial charge is 0.337 e. The molecule has 2 rings (SSSR count). The van der Waals surface area contributed by atoms with E-state index in [1.165, 1.54) is 0 Å². The van der Waals surface area contributed by atoms with E-state index in [1.807, 2.05) is 0 Å². The predicted molar refractivity (Wildman–Crippen MR) is 58.9 cm³/mol. The fourth-order valence-electron chi connectivity index (χ4n) is 1.89. The zero-order valence-electron chi connectivity index (χ0n) is 9.00. The lowest BCUT2D eigenvalue weighted by molar-refractivity contribution is -0.112. The molecule has 1 aliphatic rings. The molecular formula is C12H14N2O2. The normalized spacial score (nSPS) is 17.1. The van der Waals surface area contributed by atoms with Crippen molar-refractivity contribution in [2.75, 3.05) is 13.1 Å². The molecule has 2 heterocycles. The fraction of sp³-hybridized carbons (Fsp3) is 0.417. The van der Waals surface area contributed by atoms with Gasteiger partial charge in [0.25, 0.3) is 5.91 Å². The first-order chi connectivity index (χ1) is 7.81. The van der Waals surface area contributed by atoms with Crippen molar-refractivity contribution < 1.29 is 9.59 Å². The molecule has 0 unspecified atom stereocenters. The molecule has 1 aromatic rings. The van der Waals surface area contributed by atoms with Crippen LogP contribution in [0.5, 0.6) is 0 Å². The lowest BCUT2D eigenvalue weighted by Gasteiger charge is -2.29. The van der Waals surface area contributed by atoms with Gasteiger partial charge in [-0.2, -0.15) is 0 Å². The molecule has 4 heteroatoms. The first-order valence-corrected chi connectivity index (χ1v) is 5.47. The van der Waals surface area contributed by atoms with E-state index >= 15 is 0 Å². The minimum absolute atomic E-state index is 0.0371. The van der Waals surface area contributed by atoms with Crippen LogP contribution in [0.15, 0.2) is 24.4 Å². The number of carbonyl (C=O) groups is 2. The Morgan fingerprint density at radius 3 is 2.69 bits per heavy atom. The van der Waals surface area contributed by atoms with E-state index in [9.17, 15) is 9.59 Å². The first kappa shape index (κ1) is 10.8. The summed E-state index contributed by atoms with van der Waals surface area (Å²) >= 11 is 0. The third-order valence-corrected chi connectivity index (χ3v) is 2.90. The molecule has 1 saturated heterocycles. The summed E-state index contributed by atoms with van der Waals surface area (Å²) in [6.45, 7) is 1.30. The predicted octanol–water partition coefficient (Wildman–Crippen LogP) is 1.13. The average Bonchev–Trinajstić information content (AvgIpc) is 2.39. The van der Waals surface area contributed by atoms with Gasteiger partial charge in [-0.3, -0.25) is 9.78 Å². The molecule has 16 heavy (non-hydrogen) atoms. The number of carbonyl (C=O) groups excluding carboxylic acids is 2. The second-order valence-corrected chi connectivity index (χ2v) is 3.98. The van der Waals surface area contributed by atoms with Crippen LogP contribution in [0.1, 0.15) is 23.3 Å². The third kappa shape index (κ3) is 2.27. The van der Waals surface area contributed by atoms with Crippen molar-refractivity contribution in [1.29, 1.82) is 0 Å². The number of piperidine rings is 1. The van der Waals surface area contributed by atoms with E-state index in [0.29, 0.717) is 18.8 Å². The van der Waals surface area contributed by atoms with Gasteiger partial charge in [0.15, 0.2) is 0 Å². The Morgan fingerprint density at radius 1 is 1.38 bits per heavy atom. The van der Waals surface area contributed by atoms with Crippen molar-refractivity contribution in [3.8, 4) is 0 Å². The maximum absolute atomic E-state index is 12.0. The van der Waals surface area contributed by atoms with Crippen molar-refractivity contribution in [3.05, 3.63) is 30.1 Å². The van der Waals surface area contributed by atoms with Crippen molar-refractivity contribution in [2.45, 2.75) is 12.8 Å². The second kappa shape index (κ2) is 4.88. The lowest BCUT2D eigenvalue weighted by atomic mass is 9.98. The molecular weight excluding hydrogens is 204 g/mol. The molecule has 0 aliphatic carbocycles. The SMILES string of the molecule is O=CC1CCN(C(=O)c2ccccn2)CC1. The summed E-state index contributed by atoms with van der Waals surface area (Å²) < 4.78 is 0. The molecule has 1 aliphatic heterocycles. The number of hydrogen-bond acceptors (Lipinski definition) is 3. The second-order valence-electron chi connectivity index (χ2n) is 3.98. The monoisotopic (exact) mass is 218 g/mol. The van der Waals surface area contributed by atoms with Gasteiger partial charge in [0.05, 0.1) is 0 Å². The molecule has 0 saturated carbocycles. The number of aldehydes is 1. The van der Waals surface area contributed by atoms with Crippen LogP contribution in [0.3, 0.4) is 0 Å². The van der Waals surface area contributed by atoms with E-state index in [4.69, 9.17) is 0 Å². The van der Waals surface area contributed by atoms with Crippen LogP contribution in [-0.2, 0) is 4.79 Å². The van der Waals surface area contributed by atoms with E-state index in [-0.39, 0.29) is 11.8 Å². The molecule has 0 spiro atoms. The maximum Gasteiger partial charge on any atom is 0.272 e. The van der Waals surface area contributed by atoms with Crippen molar-refractivity contribution >= 4 is 12.2 Å². The van der Waals surface area contributed by atoms with E-state index in [0.717, 1.165) is 19.1 Å². The van der Waals surface area contributed by atoms with E-state index in [1.54, 1.807) is 29.3 Å². The summed E-state index contributed by atoms with van der Waals surface area (Å²) in [7, 11) is 0. The number of likely N-dealkylation sites (tertiary alicyclic amines) is 1. The van der Waals surface area contributed by atoms with E-state index < -0.39 is 0 Å². The smallest absolute Gasteiger partial charge is 0.272 e. The Hall–Kier alpha value is -1.71. The Balaban J connectivity index is 1.99. The number of aromatic nitrogens is 1. The average molecular weight is 218 g/mol. The summed E-state index contributed by atoms with van der Waals surface area (Å²) in [6, 6.07) is 5.31. The number of amides is 1. The van der Waals surface area contributed by atoms with Gasteiger partial charge in [-0.05, 0) is 25.0 Å². The number of hydrogen-bond donors (Lipinski definition) is 0. The number of nitrogens with zero attached hydrogens (tertiary/aromatic N) is 2. The first-order valence-electron chi connectivity index (χ1n) is 5.47. The summed E-state index contributed by atoms with van der Waals surface area (Å²) in [5.41, 5.74) is 0.479. The van der Waals surface area contributed by atoms with Crippen molar-refractivity contribution in [2.24, 2.45) is 5.92 Å². The van der Waals surface area contributed by atoms with Crippen LogP contribution in [0, 0.1) is 5.92 Å². The standard InChI is InChI=1S/C12H14N2O2/c15-9-10-4-7-14(8-5-10)12(16)11-3-1-2-6-13-11/h1-3,6,9-10H,4-5,7-8H2. The highest BCUT2D eigenvalue weighted by Crippen LogP contribution is 2.16. The Morgan fingerprint density at radius 2 is 2.12 bits per heavy atom. The third-order valence-electron chi connectivity index (χ3n) is 2.90. The molecule has 1 fully saturated rings. The number of pyridine rings is 1. The minimum Gasteiger partial charge on any atom is -0.337 e. The Kier molecular flexibility index (Phi) is 3.29. The van der Waals surface area contributed by atoms with Gasteiger partial charge in [0, 0.05) is 25.2 Å². The summed E-state index contributed by atoms with van der Waals surface area (Å²) in [5, 5.41) is 0. The topological polar surface area (TPSA) is 50.3 Å². The molecule has 84 valence electrons. The molecule has 1 amide bonds. The quantitative estimate of drug-likeness (QED) is 0.699. The zero-order valence-corrected chi connectivity index (χ0v) is 9.00. The molecule has 1 aromatic heterocycles. The highest BCUT2D eigenvalue weighted by molar-refractivity contribution is 5.92. The van der Waals surface area contributed by atoms with Gasteiger partial charge < -0.3 is 9.69 Å². The molecule has 0 N–H and O–H groups in total. The van der Waals surface area contributed by atoms with Crippen LogP contribution in [0.2, 0.25) is 0 Å². The van der Waals surface area contributed by atoms with Crippen LogP contribution in [0.25, 0.3) is 0 Å². The summed E-state index contributed by atoms with van der Waals surface area (Å²) in [4.78, 5) is 28.4. The molecule has 0 aromatic carbocycles. The van der Waals surface area contributed by atoms with Gasteiger partial charge in [-0.1, -0.05) is 6.07 Å². The zero-order chi connectivity index (χ0) is 11.4. The van der Waals surface area contributed by atoms with Gasteiger partial charge >= 0.3 is 0 Å². The molecule has 0 atom stereocenters. The van der Waals surface area contributed by atoms with Gasteiger partial charge in [-0.25, -0.2) is 0 Å². The van der Waals surface area contributed by atoms with Gasteiger partial charge in [0.2, 0.25) is 0 Å². The van der Waals surface area contributed by atoms with Crippen LogP contribution in [0.4, 0.5) is 0 Å². The lowest BCUT2D eigenvalue weighted by Crippen LogP contribution is -2.39. The van der Waals surface area contributed by atoms with Crippen LogP contribution >= 0.6 is 0 Å². The minimum atomic E-state index is -0.0371. The molecule has 4 nitrogen and oxygen atoms in total. The Labute approximate surface area is 94.3 Å². The summed E-state index contributed by atoms with van der Waals surface area (Å²) in [5.74, 6) is 0.0812. The summed E-state index contributed by atoms with van der Waals surface area (Å²) in [6.07, 6.45) is 4.14. The maximum atomic E-state index is 12.0.